The van der Waals surface area contributed by atoms with E-state index < -0.39 is 6.10 Å². The van der Waals surface area contributed by atoms with Crippen LogP contribution in [0.4, 0.5) is 0 Å². The van der Waals surface area contributed by atoms with Gasteiger partial charge in [0, 0.05) is 19.3 Å². The van der Waals surface area contributed by atoms with Gasteiger partial charge in [0.15, 0.2) is 6.10 Å². The van der Waals surface area contributed by atoms with Crippen molar-refractivity contribution in [3.8, 4) is 0 Å². The Morgan fingerprint density at radius 1 is 0.222 bits per heavy atom. The van der Waals surface area contributed by atoms with Crippen molar-refractivity contribution in [1.29, 1.82) is 0 Å². The number of unbranched alkanes of at least 4 members (excludes halogenated alkanes) is 51. The fourth-order valence-electron chi connectivity index (χ4n) is 10.4. The lowest BCUT2D eigenvalue weighted by Crippen LogP contribution is -2.30. The molecule has 0 aromatic rings. The van der Waals surface area contributed by atoms with E-state index in [2.05, 4.69) is 20.8 Å². The Kier molecular flexibility index (Phi) is 60.6. The second-order valence-corrected chi connectivity index (χ2v) is 22.8. The number of hydrogen-bond acceptors (Lipinski definition) is 6. The second-order valence-electron chi connectivity index (χ2n) is 22.8. The normalized spacial score (nSPS) is 11.9. The van der Waals surface area contributed by atoms with Gasteiger partial charge in [-0.15, -0.1) is 0 Å². The van der Waals surface area contributed by atoms with E-state index in [4.69, 9.17) is 14.2 Å². The third-order valence-electron chi connectivity index (χ3n) is 15.4. The third kappa shape index (κ3) is 59.3. The summed E-state index contributed by atoms with van der Waals surface area (Å²) in [5.41, 5.74) is 0. The molecule has 428 valence electrons. The number of rotatable bonds is 62. The molecule has 0 aliphatic rings. The van der Waals surface area contributed by atoms with Crippen LogP contribution in [-0.2, 0) is 28.6 Å². The highest BCUT2D eigenvalue weighted by molar-refractivity contribution is 5.71. The third-order valence-corrected chi connectivity index (χ3v) is 15.4. The van der Waals surface area contributed by atoms with E-state index in [-0.39, 0.29) is 31.1 Å². The minimum Gasteiger partial charge on any atom is -0.462 e. The average Bonchev–Trinajstić information content (AvgIpc) is 3.38. The van der Waals surface area contributed by atoms with E-state index in [0.717, 1.165) is 57.8 Å². The Bertz CT molecular complexity index is 1080. The first-order valence-corrected chi connectivity index (χ1v) is 33.0. The Labute approximate surface area is 450 Å². The van der Waals surface area contributed by atoms with Crippen LogP contribution in [0.25, 0.3) is 0 Å². The maximum Gasteiger partial charge on any atom is 0.306 e. The molecule has 0 fully saturated rings. The highest BCUT2D eigenvalue weighted by Crippen LogP contribution is 2.19. The lowest BCUT2D eigenvalue weighted by molar-refractivity contribution is -0.167. The van der Waals surface area contributed by atoms with E-state index in [1.165, 1.54) is 289 Å². The summed E-state index contributed by atoms with van der Waals surface area (Å²) < 4.78 is 16.9. The molecule has 0 radical (unpaired) electrons. The van der Waals surface area contributed by atoms with Crippen molar-refractivity contribution >= 4 is 17.9 Å². The molecule has 0 amide bonds. The van der Waals surface area contributed by atoms with Gasteiger partial charge in [-0.05, 0) is 19.3 Å². The topological polar surface area (TPSA) is 78.9 Å². The number of esters is 3. The fourth-order valence-corrected chi connectivity index (χ4v) is 10.4. The van der Waals surface area contributed by atoms with Crippen LogP contribution in [0, 0.1) is 0 Å². The van der Waals surface area contributed by atoms with Crippen molar-refractivity contribution in [3.05, 3.63) is 0 Å². The zero-order chi connectivity index (χ0) is 52.2. The maximum absolute atomic E-state index is 12.9. The SMILES string of the molecule is CCCCCCCCCCCCCCCCCCCCCCCCCCCCCCC(=O)OCC(COC(=O)CCCCCCCCCC)OC(=O)CCCCCCCCCCCCCCCCCCCC. The minimum atomic E-state index is -0.761. The van der Waals surface area contributed by atoms with E-state index in [0.29, 0.717) is 19.3 Å². The zero-order valence-electron chi connectivity index (χ0n) is 49.2. The predicted octanol–water partition coefficient (Wildman–Crippen LogP) is 22.3. The number of ether oxygens (including phenoxy) is 3. The lowest BCUT2D eigenvalue weighted by Gasteiger charge is -2.18. The van der Waals surface area contributed by atoms with Crippen molar-refractivity contribution in [3.63, 3.8) is 0 Å². The molecule has 72 heavy (non-hydrogen) atoms. The molecule has 0 saturated heterocycles. The van der Waals surface area contributed by atoms with Crippen LogP contribution >= 0.6 is 0 Å². The number of carbonyl (C=O) groups is 3. The molecule has 0 aliphatic heterocycles. The van der Waals surface area contributed by atoms with Crippen LogP contribution in [0.3, 0.4) is 0 Å². The van der Waals surface area contributed by atoms with Crippen molar-refractivity contribution < 1.29 is 28.6 Å². The highest BCUT2D eigenvalue weighted by atomic mass is 16.6. The predicted molar refractivity (Wildman–Crippen MR) is 312 cm³/mol. The average molecular weight is 1020 g/mol. The summed E-state index contributed by atoms with van der Waals surface area (Å²) in [6.45, 7) is 6.69. The van der Waals surface area contributed by atoms with Crippen LogP contribution in [-0.4, -0.2) is 37.2 Å². The molecule has 0 saturated carbocycles. The van der Waals surface area contributed by atoms with Crippen LogP contribution < -0.4 is 0 Å². The Balaban J connectivity index is 4.03. The summed E-state index contributed by atoms with van der Waals surface area (Å²) in [6.07, 6.45) is 71.5. The number of hydrogen-bond donors (Lipinski definition) is 0. The van der Waals surface area contributed by atoms with E-state index in [1.54, 1.807) is 0 Å². The Morgan fingerprint density at radius 2 is 0.375 bits per heavy atom. The molecule has 6 heteroatoms. The van der Waals surface area contributed by atoms with Gasteiger partial charge >= 0.3 is 17.9 Å². The monoisotopic (exact) mass is 1020 g/mol. The Morgan fingerprint density at radius 3 is 0.556 bits per heavy atom. The lowest BCUT2D eigenvalue weighted by atomic mass is 10.0. The van der Waals surface area contributed by atoms with Crippen molar-refractivity contribution in [2.45, 2.75) is 393 Å². The highest BCUT2D eigenvalue weighted by Gasteiger charge is 2.19. The van der Waals surface area contributed by atoms with Crippen LogP contribution in [0.5, 0.6) is 0 Å². The largest absolute Gasteiger partial charge is 0.462 e. The Hall–Kier alpha value is -1.59. The summed E-state index contributed by atoms with van der Waals surface area (Å²) in [5, 5.41) is 0. The van der Waals surface area contributed by atoms with Crippen molar-refractivity contribution in [2.75, 3.05) is 13.2 Å². The molecular formula is C66H128O6. The fraction of sp³-hybridized carbons (Fsp3) is 0.955. The molecule has 0 N–H and O–H groups in total. The second kappa shape index (κ2) is 62.0. The summed E-state index contributed by atoms with van der Waals surface area (Å²) in [7, 11) is 0. The van der Waals surface area contributed by atoms with E-state index in [9.17, 15) is 14.4 Å². The van der Waals surface area contributed by atoms with Gasteiger partial charge in [-0.1, -0.05) is 348 Å². The van der Waals surface area contributed by atoms with Gasteiger partial charge in [-0.2, -0.15) is 0 Å². The maximum atomic E-state index is 12.9. The van der Waals surface area contributed by atoms with Gasteiger partial charge in [-0.3, -0.25) is 14.4 Å². The summed E-state index contributed by atoms with van der Waals surface area (Å²) in [5.74, 6) is -0.834. The van der Waals surface area contributed by atoms with Gasteiger partial charge in [0.05, 0.1) is 0 Å². The van der Waals surface area contributed by atoms with Crippen molar-refractivity contribution in [2.24, 2.45) is 0 Å². The zero-order valence-corrected chi connectivity index (χ0v) is 49.2. The molecule has 0 rings (SSSR count). The molecular weight excluding hydrogens is 889 g/mol. The molecule has 0 bridgehead atoms. The first kappa shape index (κ1) is 70.4. The van der Waals surface area contributed by atoms with E-state index >= 15 is 0 Å². The standard InChI is InChI=1S/C66H128O6/c1-4-7-10-13-16-19-21-23-25-27-29-30-31-32-33-34-35-36-37-38-40-41-43-45-47-50-53-56-59-65(68)71-62-63(61-70-64(67)58-55-52-49-18-15-12-9-6-3)72-66(69)60-57-54-51-48-46-44-42-39-28-26-24-22-20-17-14-11-8-5-2/h63H,4-62H2,1-3H3. The summed E-state index contributed by atoms with van der Waals surface area (Å²) >= 11 is 0. The van der Waals surface area contributed by atoms with Crippen molar-refractivity contribution in [1.82, 2.24) is 0 Å². The molecule has 0 spiro atoms. The van der Waals surface area contributed by atoms with E-state index in [1.807, 2.05) is 0 Å². The summed E-state index contributed by atoms with van der Waals surface area (Å²) in [4.78, 5) is 38.1. The molecule has 1 atom stereocenters. The number of carbonyl (C=O) groups excluding carboxylic acids is 3. The van der Waals surface area contributed by atoms with Gasteiger partial charge in [0.25, 0.3) is 0 Å². The van der Waals surface area contributed by atoms with Gasteiger partial charge in [0.2, 0.25) is 0 Å². The van der Waals surface area contributed by atoms with Crippen LogP contribution in [0.15, 0.2) is 0 Å². The smallest absolute Gasteiger partial charge is 0.306 e. The molecule has 0 aromatic carbocycles. The van der Waals surface area contributed by atoms with Crippen LogP contribution in [0.1, 0.15) is 387 Å². The molecule has 1 unspecified atom stereocenters. The van der Waals surface area contributed by atoms with Gasteiger partial charge < -0.3 is 14.2 Å². The first-order valence-electron chi connectivity index (χ1n) is 33.0. The van der Waals surface area contributed by atoms with Crippen LogP contribution in [0.2, 0.25) is 0 Å². The van der Waals surface area contributed by atoms with Gasteiger partial charge in [0.1, 0.15) is 13.2 Å². The first-order chi connectivity index (χ1) is 35.5. The molecule has 0 aromatic heterocycles. The molecule has 6 nitrogen and oxygen atoms in total. The molecule has 0 aliphatic carbocycles. The quantitative estimate of drug-likeness (QED) is 0.0343. The molecule has 0 heterocycles. The van der Waals surface area contributed by atoms with Gasteiger partial charge in [-0.25, -0.2) is 0 Å². The summed E-state index contributed by atoms with van der Waals surface area (Å²) in [6, 6.07) is 0. The minimum absolute atomic E-state index is 0.0612.